The van der Waals surface area contributed by atoms with Crippen LogP contribution >= 0.6 is 0 Å². The van der Waals surface area contributed by atoms with Crippen molar-refractivity contribution in [1.29, 1.82) is 5.26 Å². The zero-order valence-corrected chi connectivity index (χ0v) is 10.6. The van der Waals surface area contributed by atoms with Gasteiger partial charge in [-0.25, -0.2) is 4.98 Å². The SMILES string of the molecule is CCC(=O)C(C)n1c(CC#N)nc2ccccc21. The van der Waals surface area contributed by atoms with Crippen LogP contribution in [0.25, 0.3) is 11.0 Å². The molecular formula is C14H15N3O. The van der Waals surface area contributed by atoms with E-state index >= 15 is 0 Å². The summed E-state index contributed by atoms with van der Waals surface area (Å²) in [5.74, 6) is 0.811. The molecule has 0 N–H and O–H groups in total. The van der Waals surface area contributed by atoms with Gasteiger partial charge in [-0.3, -0.25) is 4.79 Å². The normalized spacial score (nSPS) is 12.3. The molecule has 0 saturated carbocycles. The third kappa shape index (κ3) is 2.00. The number of benzene rings is 1. The summed E-state index contributed by atoms with van der Waals surface area (Å²) in [6.07, 6.45) is 0.704. The minimum Gasteiger partial charge on any atom is -0.317 e. The van der Waals surface area contributed by atoms with Crippen LogP contribution in [-0.2, 0) is 11.2 Å². The lowest BCUT2D eigenvalue weighted by Gasteiger charge is -2.14. The highest BCUT2D eigenvalue weighted by Gasteiger charge is 2.19. The van der Waals surface area contributed by atoms with Gasteiger partial charge in [0.05, 0.1) is 29.6 Å². The van der Waals surface area contributed by atoms with Gasteiger partial charge in [0, 0.05) is 6.42 Å². The molecule has 1 atom stereocenters. The summed E-state index contributed by atoms with van der Waals surface area (Å²) in [5, 5.41) is 8.86. The third-order valence-corrected chi connectivity index (χ3v) is 3.11. The molecule has 4 heteroatoms. The van der Waals surface area contributed by atoms with Crippen molar-refractivity contribution in [3.8, 4) is 6.07 Å². The van der Waals surface area contributed by atoms with Crippen molar-refractivity contribution < 1.29 is 4.79 Å². The van der Waals surface area contributed by atoms with E-state index in [-0.39, 0.29) is 18.2 Å². The van der Waals surface area contributed by atoms with E-state index in [2.05, 4.69) is 11.1 Å². The number of carbonyl (C=O) groups is 1. The van der Waals surface area contributed by atoms with Crippen LogP contribution in [0, 0.1) is 11.3 Å². The van der Waals surface area contributed by atoms with Crippen molar-refractivity contribution in [1.82, 2.24) is 9.55 Å². The van der Waals surface area contributed by atoms with E-state index in [4.69, 9.17) is 5.26 Å². The van der Waals surface area contributed by atoms with Crippen LogP contribution in [0.15, 0.2) is 24.3 Å². The number of para-hydroxylation sites is 2. The van der Waals surface area contributed by atoms with Gasteiger partial charge in [-0.05, 0) is 19.1 Å². The summed E-state index contributed by atoms with van der Waals surface area (Å²) in [6.45, 7) is 3.71. The Labute approximate surface area is 106 Å². The van der Waals surface area contributed by atoms with Gasteiger partial charge >= 0.3 is 0 Å². The molecule has 1 aromatic heterocycles. The van der Waals surface area contributed by atoms with Gasteiger partial charge in [-0.15, -0.1) is 0 Å². The number of aromatic nitrogens is 2. The lowest BCUT2D eigenvalue weighted by atomic mass is 10.1. The number of hydrogen-bond acceptors (Lipinski definition) is 3. The smallest absolute Gasteiger partial charge is 0.155 e. The van der Waals surface area contributed by atoms with E-state index < -0.39 is 0 Å². The van der Waals surface area contributed by atoms with E-state index in [1.807, 2.05) is 42.7 Å². The Morgan fingerprint density at radius 1 is 1.50 bits per heavy atom. The second kappa shape index (κ2) is 5.01. The molecule has 0 fully saturated rings. The largest absolute Gasteiger partial charge is 0.317 e. The summed E-state index contributed by atoms with van der Waals surface area (Å²) in [7, 11) is 0. The predicted octanol–water partition coefficient (Wildman–Crippen LogP) is 2.64. The molecule has 0 aliphatic carbocycles. The maximum absolute atomic E-state index is 11.9. The Balaban J connectivity index is 2.62. The molecule has 2 aromatic rings. The molecule has 0 aliphatic heterocycles. The minimum absolute atomic E-state index is 0.150. The van der Waals surface area contributed by atoms with Crippen LogP contribution in [0.2, 0.25) is 0 Å². The number of ketones is 1. The van der Waals surface area contributed by atoms with Crippen LogP contribution < -0.4 is 0 Å². The number of rotatable bonds is 4. The fraction of sp³-hybridized carbons (Fsp3) is 0.357. The number of Topliss-reactive ketones (excluding diaryl/α,β-unsaturated/α-hetero) is 1. The first-order valence-electron chi connectivity index (χ1n) is 6.04. The van der Waals surface area contributed by atoms with E-state index in [0.717, 1.165) is 11.0 Å². The minimum atomic E-state index is -0.272. The molecular weight excluding hydrogens is 226 g/mol. The molecule has 0 saturated heterocycles. The fourth-order valence-corrected chi connectivity index (χ4v) is 2.16. The number of imidazole rings is 1. The maximum Gasteiger partial charge on any atom is 0.155 e. The zero-order chi connectivity index (χ0) is 13.1. The summed E-state index contributed by atoms with van der Waals surface area (Å²) in [6, 6.07) is 9.48. The first-order chi connectivity index (χ1) is 8.69. The van der Waals surface area contributed by atoms with Gasteiger partial charge < -0.3 is 4.57 Å². The highest BCUT2D eigenvalue weighted by molar-refractivity contribution is 5.85. The summed E-state index contributed by atoms with van der Waals surface area (Å²) in [5.41, 5.74) is 1.75. The lowest BCUT2D eigenvalue weighted by molar-refractivity contribution is -0.121. The molecule has 1 unspecified atom stereocenters. The van der Waals surface area contributed by atoms with Crippen LogP contribution in [0.1, 0.15) is 32.1 Å². The van der Waals surface area contributed by atoms with Crippen molar-refractivity contribution in [3.63, 3.8) is 0 Å². The third-order valence-electron chi connectivity index (χ3n) is 3.11. The molecule has 0 spiro atoms. The topological polar surface area (TPSA) is 58.7 Å². The highest BCUT2D eigenvalue weighted by atomic mass is 16.1. The van der Waals surface area contributed by atoms with Gasteiger partial charge in [-0.1, -0.05) is 19.1 Å². The number of carbonyl (C=O) groups excluding carboxylic acids is 1. The average molecular weight is 241 g/mol. The molecule has 2 rings (SSSR count). The van der Waals surface area contributed by atoms with Crippen LogP contribution in [0.4, 0.5) is 0 Å². The van der Waals surface area contributed by atoms with E-state index in [1.54, 1.807) is 0 Å². The predicted molar refractivity (Wildman–Crippen MR) is 69.1 cm³/mol. The first kappa shape index (κ1) is 12.3. The Morgan fingerprint density at radius 3 is 2.89 bits per heavy atom. The van der Waals surface area contributed by atoms with Crippen molar-refractivity contribution in [2.75, 3.05) is 0 Å². The Morgan fingerprint density at radius 2 is 2.22 bits per heavy atom. The van der Waals surface area contributed by atoms with E-state index in [0.29, 0.717) is 12.2 Å². The highest BCUT2D eigenvalue weighted by Crippen LogP contribution is 2.22. The van der Waals surface area contributed by atoms with Gasteiger partial charge in [0.1, 0.15) is 5.82 Å². The lowest BCUT2D eigenvalue weighted by Crippen LogP contribution is -2.17. The number of nitrogens with zero attached hydrogens (tertiary/aromatic N) is 3. The van der Waals surface area contributed by atoms with E-state index in [9.17, 15) is 4.79 Å². The molecule has 0 aliphatic rings. The van der Waals surface area contributed by atoms with Gasteiger partial charge in [0.25, 0.3) is 0 Å². The van der Waals surface area contributed by atoms with Crippen molar-refractivity contribution in [2.24, 2.45) is 0 Å². The molecule has 4 nitrogen and oxygen atoms in total. The quantitative estimate of drug-likeness (QED) is 0.826. The molecule has 1 heterocycles. The van der Waals surface area contributed by atoms with E-state index in [1.165, 1.54) is 0 Å². The van der Waals surface area contributed by atoms with Crippen LogP contribution in [0.3, 0.4) is 0 Å². The molecule has 0 amide bonds. The number of hydrogen-bond donors (Lipinski definition) is 0. The van der Waals surface area contributed by atoms with Gasteiger partial charge in [-0.2, -0.15) is 5.26 Å². The maximum atomic E-state index is 11.9. The van der Waals surface area contributed by atoms with Crippen LogP contribution in [-0.4, -0.2) is 15.3 Å². The van der Waals surface area contributed by atoms with Crippen molar-refractivity contribution >= 4 is 16.8 Å². The summed E-state index contributed by atoms with van der Waals surface area (Å²) in [4.78, 5) is 16.3. The van der Waals surface area contributed by atoms with Crippen molar-refractivity contribution in [2.45, 2.75) is 32.7 Å². The average Bonchev–Trinajstić information content (AvgIpc) is 2.75. The second-order valence-corrected chi connectivity index (χ2v) is 4.22. The molecule has 0 bridgehead atoms. The monoisotopic (exact) mass is 241 g/mol. The standard InChI is InChI=1S/C14H15N3O/c1-3-13(18)10(2)17-12-7-5-4-6-11(12)16-14(17)8-9-15/h4-7,10H,3,8H2,1-2H3. The zero-order valence-electron chi connectivity index (χ0n) is 10.6. The molecule has 1 aromatic carbocycles. The van der Waals surface area contributed by atoms with Crippen molar-refractivity contribution in [3.05, 3.63) is 30.1 Å². The second-order valence-electron chi connectivity index (χ2n) is 4.22. The fourth-order valence-electron chi connectivity index (χ4n) is 2.16. The molecule has 0 radical (unpaired) electrons. The first-order valence-corrected chi connectivity index (χ1v) is 6.04. The number of fused-ring (bicyclic) bond motifs is 1. The Hall–Kier alpha value is -2.15. The van der Waals surface area contributed by atoms with Crippen LogP contribution in [0.5, 0.6) is 0 Å². The Kier molecular flexibility index (Phi) is 3.42. The van der Waals surface area contributed by atoms with Gasteiger partial charge in [0.15, 0.2) is 5.78 Å². The summed E-state index contributed by atoms with van der Waals surface area (Å²) >= 11 is 0. The molecule has 92 valence electrons. The molecule has 18 heavy (non-hydrogen) atoms. The Bertz CT molecular complexity index is 621. The summed E-state index contributed by atoms with van der Waals surface area (Å²) < 4.78 is 1.88. The number of nitriles is 1. The van der Waals surface area contributed by atoms with Gasteiger partial charge in [0.2, 0.25) is 0 Å².